The maximum absolute atomic E-state index is 11.1. The Morgan fingerprint density at radius 1 is 1.62 bits per heavy atom. The summed E-state index contributed by atoms with van der Waals surface area (Å²) in [5.74, 6) is -0.365. The van der Waals surface area contributed by atoms with Gasteiger partial charge in [-0.05, 0) is 6.42 Å². The van der Waals surface area contributed by atoms with Gasteiger partial charge in [0.15, 0.2) is 6.10 Å². The first kappa shape index (κ1) is 10.5. The topological polar surface area (TPSA) is 72.5 Å². The quantitative estimate of drug-likeness (QED) is 0.638. The van der Waals surface area contributed by atoms with Crippen molar-refractivity contribution in [2.45, 2.75) is 25.9 Å². The number of amides is 1. The molecule has 0 radical (unpaired) electrons. The second-order valence-electron chi connectivity index (χ2n) is 2.93. The van der Waals surface area contributed by atoms with Crippen LogP contribution in [0.25, 0.3) is 0 Å². The minimum absolute atomic E-state index is 0.0310. The molecule has 0 aromatic carbocycles. The molecule has 5 nitrogen and oxygen atoms in total. The SMILES string of the molecule is CCCS(=O)(=O)OC1CCNC1=O. The van der Waals surface area contributed by atoms with Gasteiger partial charge in [0.05, 0.1) is 5.75 Å². The lowest BCUT2D eigenvalue weighted by Gasteiger charge is -2.07. The molecule has 1 aliphatic rings. The van der Waals surface area contributed by atoms with Crippen molar-refractivity contribution in [3.63, 3.8) is 0 Å². The molecule has 0 spiro atoms. The molecule has 1 saturated heterocycles. The van der Waals surface area contributed by atoms with E-state index in [9.17, 15) is 13.2 Å². The first-order valence-electron chi connectivity index (χ1n) is 4.24. The summed E-state index contributed by atoms with van der Waals surface area (Å²) >= 11 is 0. The number of rotatable bonds is 4. The van der Waals surface area contributed by atoms with Crippen molar-refractivity contribution in [2.24, 2.45) is 0 Å². The summed E-state index contributed by atoms with van der Waals surface area (Å²) in [6.07, 6.45) is 0.120. The highest BCUT2D eigenvalue weighted by molar-refractivity contribution is 7.86. The highest BCUT2D eigenvalue weighted by Gasteiger charge is 2.29. The average Bonchev–Trinajstić information content (AvgIpc) is 2.35. The molecule has 1 heterocycles. The molecule has 0 bridgehead atoms. The Morgan fingerprint density at radius 2 is 2.31 bits per heavy atom. The van der Waals surface area contributed by atoms with Gasteiger partial charge in [-0.15, -0.1) is 0 Å². The molecule has 1 aliphatic heterocycles. The van der Waals surface area contributed by atoms with Crippen LogP contribution >= 0.6 is 0 Å². The summed E-state index contributed by atoms with van der Waals surface area (Å²) in [6.45, 7) is 2.24. The van der Waals surface area contributed by atoms with E-state index in [0.717, 1.165) is 0 Å². The van der Waals surface area contributed by atoms with Gasteiger partial charge in [0.1, 0.15) is 0 Å². The fraction of sp³-hybridized carbons (Fsp3) is 0.857. The fourth-order valence-corrected chi connectivity index (χ4v) is 2.27. The van der Waals surface area contributed by atoms with Gasteiger partial charge in [-0.3, -0.25) is 8.98 Å². The van der Waals surface area contributed by atoms with Gasteiger partial charge in [0.25, 0.3) is 16.0 Å². The predicted octanol–water partition coefficient (Wildman–Crippen LogP) is -0.369. The van der Waals surface area contributed by atoms with E-state index in [1.165, 1.54) is 0 Å². The van der Waals surface area contributed by atoms with Crippen molar-refractivity contribution >= 4 is 16.0 Å². The summed E-state index contributed by atoms with van der Waals surface area (Å²) in [4.78, 5) is 11.0. The average molecular weight is 207 g/mol. The van der Waals surface area contributed by atoms with Crippen LogP contribution < -0.4 is 5.32 Å². The van der Waals surface area contributed by atoms with Crippen LogP contribution in [-0.2, 0) is 19.1 Å². The smallest absolute Gasteiger partial charge is 0.268 e. The molecule has 1 amide bonds. The van der Waals surface area contributed by atoms with Crippen LogP contribution in [0.3, 0.4) is 0 Å². The van der Waals surface area contributed by atoms with Gasteiger partial charge in [0, 0.05) is 13.0 Å². The largest absolute Gasteiger partial charge is 0.354 e. The molecule has 1 N–H and O–H groups in total. The molecular weight excluding hydrogens is 194 g/mol. The Bertz CT molecular complexity index is 285. The van der Waals surface area contributed by atoms with Crippen molar-refractivity contribution in [3.05, 3.63) is 0 Å². The Labute approximate surface area is 77.6 Å². The van der Waals surface area contributed by atoms with E-state index >= 15 is 0 Å². The summed E-state index contributed by atoms with van der Waals surface area (Å²) in [5, 5.41) is 2.51. The molecule has 0 aromatic rings. The number of hydrogen-bond donors (Lipinski definition) is 1. The van der Waals surface area contributed by atoms with E-state index in [-0.39, 0.29) is 11.7 Å². The van der Waals surface area contributed by atoms with Crippen LogP contribution in [0.4, 0.5) is 0 Å². The highest BCUT2D eigenvalue weighted by Crippen LogP contribution is 2.09. The molecule has 1 rings (SSSR count). The zero-order valence-electron chi connectivity index (χ0n) is 7.45. The molecule has 1 atom stereocenters. The monoisotopic (exact) mass is 207 g/mol. The zero-order chi connectivity index (χ0) is 9.90. The third kappa shape index (κ3) is 2.96. The summed E-state index contributed by atoms with van der Waals surface area (Å²) in [5.41, 5.74) is 0. The van der Waals surface area contributed by atoms with E-state index in [1.807, 2.05) is 0 Å². The molecule has 1 fully saturated rings. The molecular formula is C7H13NO4S. The summed E-state index contributed by atoms with van der Waals surface area (Å²) < 4.78 is 27.0. The maximum Gasteiger partial charge on any atom is 0.268 e. The minimum atomic E-state index is -3.51. The number of carbonyl (C=O) groups excluding carboxylic acids is 1. The number of nitrogens with one attached hydrogen (secondary N) is 1. The molecule has 0 aromatic heterocycles. The lowest BCUT2D eigenvalue weighted by molar-refractivity contribution is -0.124. The van der Waals surface area contributed by atoms with Gasteiger partial charge in [-0.25, -0.2) is 0 Å². The van der Waals surface area contributed by atoms with Gasteiger partial charge in [-0.1, -0.05) is 6.92 Å². The molecule has 13 heavy (non-hydrogen) atoms. The van der Waals surface area contributed by atoms with E-state index in [1.54, 1.807) is 6.92 Å². The minimum Gasteiger partial charge on any atom is -0.354 e. The van der Waals surface area contributed by atoms with Crippen molar-refractivity contribution in [1.82, 2.24) is 5.32 Å². The first-order chi connectivity index (χ1) is 6.05. The Balaban J connectivity index is 2.52. The van der Waals surface area contributed by atoms with Crippen molar-refractivity contribution < 1.29 is 17.4 Å². The molecule has 0 saturated carbocycles. The van der Waals surface area contributed by atoms with Crippen LogP contribution in [0.1, 0.15) is 19.8 Å². The van der Waals surface area contributed by atoms with Crippen molar-refractivity contribution in [2.75, 3.05) is 12.3 Å². The fourth-order valence-electron chi connectivity index (χ4n) is 1.14. The Morgan fingerprint density at radius 3 is 2.77 bits per heavy atom. The number of carbonyl (C=O) groups is 1. The number of hydrogen-bond acceptors (Lipinski definition) is 4. The van der Waals surface area contributed by atoms with E-state index in [2.05, 4.69) is 5.32 Å². The van der Waals surface area contributed by atoms with Crippen LogP contribution in [0.2, 0.25) is 0 Å². The van der Waals surface area contributed by atoms with Crippen molar-refractivity contribution in [1.29, 1.82) is 0 Å². The maximum atomic E-state index is 11.1. The van der Waals surface area contributed by atoms with Crippen LogP contribution in [-0.4, -0.2) is 32.7 Å². The van der Waals surface area contributed by atoms with Crippen LogP contribution in [0.5, 0.6) is 0 Å². The lowest BCUT2D eigenvalue weighted by Crippen LogP contribution is -2.28. The van der Waals surface area contributed by atoms with Gasteiger partial charge < -0.3 is 5.32 Å². The molecule has 76 valence electrons. The Kier molecular flexibility index (Phi) is 3.27. The predicted molar refractivity (Wildman–Crippen MR) is 46.6 cm³/mol. The van der Waals surface area contributed by atoms with Crippen molar-refractivity contribution in [3.8, 4) is 0 Å². The normalized spacial score (nSPS) is 23.2. The van der Waals surface area contributed by atoms with E-state index in [0.29, 0.717) is 19.4 Å². The van der Waals surface area contributed by atoms with Crippen LogP contribution in [0.15, 0.2) is 0 Å². The summed E-state index contributed by atoms with van der Waals surface area (Å²) in [6, 6.07) is 0. The molecule has 6 heteroatoms. The molecule has 0 aliphatic carbocycles. The third-order valence-electron chi connectivity index (χ3n) is 1.72. The zero-order valence-corrected chi connectivity index (χ0v) is 8.26. The third-order valence-corrected chi connectivity index (χ3v) is 3.15. The van der Waals surface area contributed by atoms with Gasteiger partial charge >= 0.3 is 0 Å². The summed E-state index contributed by atoms with van der Waals surface area (Å²) in [7, 11) is -3.51. The Hall–Kier alpha value is -0.620. The standard InChI is InChI=1S/C7H13NO4S/c1-2-5-13(10,11)12-6-3-4-8-7(6)9/h6H,2-5H2,1H3,(H,8,9). The van der Waals surface area contributed by atoms with E-state index in [4.69, 9.17) is 4.18 Å². The molecule has 1 unspecified atom stereocenters. The second-order valence-corrected chi connectivity index (χ2v) is 4.64. The van der Waals surface area contributed by atoms with E-state index < -0.39 is 16.2 Å². The van der Waals surface area contributed by atoms with Gasteiger partial charge in [-0.2, -0.15) is 8.42 Å². The lowest BCUT2D eigenvalue weighted by atomic mass is 10.3. The second kappa shape index (κ2) is 4.06. The van der Waals surface area contributed by atoms with Crippen LogP contribution in [0, 0.1) is 0 Å². The van der Waals surface area contributed by atoms with Gasteiger partial charge in [0.2, 0.25) is 0 Å². The highest BCUT2D eigenvalue weighted by atomic mass is 32.2. The first-order valence-corrected chi connectivity index (χ1v) is 5.81.